The number of esters is 1. The summed E-state index contributed by atoms with van der Waals surface area (Å²) in [5.41, 5.74) is 3.11. The monoisotopic (exact) mass is 412 g/mol. The Hall–Kier alpha value is -4.13. The first-order valence-electron chi connectivity index (χ1n) is 9.78. The highest BCUT2D eigenvalue weighted by atomic mass is 16.5. The van der Waals surface area contributed by atoms with Crippen LogP contribution >= 0.6 is 0 Å². The number of hydrogen-bond acceptors (Lipinski definition) is 6. The Labute approximate surface area is 179 Å². The number of hydrazone groups is 1. The van der Waals surface area contributed by atoms with Crippen molar-refractivity contribution in [3.8, 4) is 0 Å². The van der Waals surface area contributed by atoms with Crippen molar-refractivity contribution in [1.82, 2.24) is 0 Å². The molecule has 7 nitrogen and oxygen atoms in total. The number of nitrogens with zero attached hydrogens (tertiary/aromatic N) is 4. The van der Waals surface area contributed by atoms with Crippen molar-refractivity contribution < 1.29 is 14.3 Å². The van der Waals surface area contributed by atoms with Gasteiger partial charge < -0.3 is 4.74 Å². The second kappa shape index (κ2) is 9.13. The van der Waals surface area contributed by atoms with Gasteiger partial charge >= 0.3 is 5.97 Å². The van der Waals surface area contributed by atoms with Crippen LogP contribution in [0.3, 0.4) is 0 Å². The molecule has 0 aromatic heterocycles. The Bertz CT molecular complexity index is 1130. The Morgan fingerprint density at radius 1 is 0.968 bits per heavy atom. The second-order valence-corrected chi connectivity index (χ2v) is 6.95. The minimum absolute atomic E-state index is 0.210. The standard InChI is InChI=1S/C24H20N4O3/c1-17-22(23(29)28(27-17)21-10-6-3-7-11-21)26-25-20-14-12-19(13-15-20)24(30)31-16-18-8-4-2-5-9-18/h2-15,22H,16H2,1H3. The molecule has 154 valence electrons. The van der Waals surface area contributed by atoms with Crippen LogP contribution in [-0.4, -0.2) is 23.6 Å². The lowest BCUT2D eigenvalue weighted by Gasteiger charge is -2.11. The fourth-order valence-corrected chi connectivity index (χ4v) is 3.04. The first-order valence-corrected chi connectivity index (χ1v) is 9.78. The van der Waals surface area contributed by atoms with Crippen molar-refractivity contribution in [1.29, 1.82) is 0 Å². The highest BCUT2D eigenvalue weighted by molar-refractivity contribution is 6.18. The largest absolute Gasteiger partial charge is 0.457 e. The summed E-state index contributed by atoms with van der Waals surface area (Å²) in [6.07, 6.45) is 0. The van der Waals surface area contributed by atoms with Crippen molar-refractivity contribution in [3.63, 3.8) is 0 Å². The molecule has 0 saturated carbocycles. The Balaban J connectivity index is 1.38. The van der Waals surface area contributed by atoms with Crippen LogP contribution in [0.4, 0.5) is 11.4 Å². The molecule has 0 spiro atoms. The van der Waals surface area contributed by atoms with E-state index in [1.165, 1.54) is 5.01 Å². The predicted octanol–water partition coefficient (Wildman–Crippen LogP) is 4.92. The van der Waals surface area contributed by atoms with E-state index in [4.69, 9.17) is 4.74 Å². The third kappa shape index (κ3) is 4.72. The van der Waals surface area contributed by atoms with E-state index in [2.05, 4.69) is 15.3 Å². The lowest BCUT2D eigenvalue weighted by molar-refractivity contribution is -0.117. The fourth-order valence-electron chi connectivity index (χ4n) is 3.04. The van der Waals surface area contributed by atoms with Crippen molar-refractivity contribution in [2.24, 2.45) is 15.3 Å². The SMILES string of the molecule is CC1=NN(c2ccccc2)C(=O)C1N=Nc1ccc(C(=O)OCc2ccccc2)cc1. The number of anilines is 1. The van der Waals surface area contributed by atoms with Gasteiger partial charge in [-0.3, -0.25) is 4.79 Å². The topological polar surface area (TPSA) is 83.7 Å². The minimum Gasteiger partial charge on any atom is -0.457 e. The van der Waals surface area contributed by atoms with Crippen LogP contribution in [-0.2, 0) is 16.1 Å². The highest BCUT2D eigenvalue weighted by Gasteiger charge is 2.34. The van der Waals surface area contributed by atoms with Crippen LogP contribution in [0, 0.1) is 0 Å². The van der Waals surface area contributed by atoms with Crippen LogP contribution in [0.25, 0.3) is 0 Å². The number of carbonyl (C=O) groups is 2. The molecule has 0 bridgehead atoms. The maximum Gasteiger partial charge on any atom is 0.338 e. The Morgan fingerprint density at radius 2 is 1.61 bits per heavy atom. The molecule has 7 heteroatoms. The van der Waals surface area contributed by atoms with E-state index in [1.54, 1.807) is 31.2 Å². The van der Waals surface area contributed by atoms with Crippen LogP contribution in [0.15, 0.2) is 100 Å². The zero-order valence-corrected chi connectivity index (χ0v) is 16.9. The molecule has 0 aliphatic carbocycles. The Kier molecular flexibility index (Phi) is 5.93. The molecule has 1 aliphatic heterocycles. The second-order valence-electron chi connectivity index (χ2n) is 6.95. The van der Waals surface area contributed by atoms with E-state index in [-0.39, 0.29) is 12.5 Å². The summed E-state index contributed by atoms with van der Waals surface area (Å²) >= 11 is 0. The predicted molar refractivity (Wildman–Crippen MR) is 117 cm³/mol. The lowest BCUT2D eigenvalue weighted by atomic mass is 10.2. The molecule has 0 N–H and O–H groups in total. The maximum atomic E-state index is 12.7. The summed E-state index contributed by atoms with van der Waals surface area (Å²) in [4.78, 5) is 24.9. The average molecular weight is 412 g/mol. The molecule has 1 atom stereocenters. The van der Waals surface area contributed by atoms with Gasteiger partial charge in [-0.2, -0.15) is 20.3 Å². The smallest absolute Gasteiger partial charge is 0.338 e. The number of rotatable bonds is 6. The van der Waals surface area contributed by atoms with Crippen LogP contribution in [0.2, 0.25) is 0 Å². The van der Waals surface area contributed by atoms with Crippen molar-refractivity contribution in [2.45, 2.75) is 19.6 Å². The van der Waals surface area contributed by atoms with E-state index >= 15 is 0 Å². The first-order chi connectivity index (χ1) is 15.1. The van der Waals surface area contributed by atoms with Crippen LogP contribution < -0.4 is 5.01 Å². The van der Waals surface area contributed by atoms with Gasteiger partial charge in [0.25, 0.3) is 5.91 Å². The molecule has 1 heterocycles. The zero-order valence-electron chi connectivity index (χ0n) is 16.9. The average Bonchev–Trinajstić information content (AvgIpc) is 3.11. The summed E-state index contributed by atoms with van der Waals surface area (Å²) in [7, 11) is 0. The van der Waals surface area contributed by atoms with Gasteiger partial charge in [-0.25, -0.2) is 4.79 Å². The van der Waals surface area contributed by atoms with E-state index in [1.807, 2.05) is 60.7 Å². The van der Waals surface area contributed by atoms with E-state index in [9.17, 15) is 9.59 Å². The molecule has 0 radical (unpaired) electrons. The molecule has 1 unspecified atom stereocenters. The molecule has 0 fully saturated rings. The third-order valence-corrected chi connectivity index (χ3v) is 4.70. The van der Waals surface area contributed by atoms with E-state index < -0.39 is 12.0 Å². The van der Waals surface area contributed by atoms with Gasteiger partial charge in [0.1, 0.15) is 6.61 Å². The lowest BCUT2D eigenvalue weighted by Crippen LogP contribution is -2.29. The van der Waals surface area contributed by atoms with E-state index in [0.29, 0.717) is 22.6 Å². The first kappa shape index (κ1) is 20.2. The van der Waals surface area contributed by atoms with Crippen molar-refractivity contribution in [2.75, 3.05) is 5.01 Å². The molecular formula is C24H20N4O3. The number of amides is 1. The Morgan fingerprint density at radius 3 is 2.29 bits per heavy atom. The molecule has 1 aliphatic rings. The minimum atomic E-state index is -0.768. The molecule has 0 saturated heterocycles. The molecule has 3 aromatic rings. The van der Waals surface area contributed by atoms with E-state index in [0.717, 1.165) is 5.56 Å². The maximum absolute atomic E-state index is 12.7. The summed E-state index contributed by atoms with van der Waals surface area (Å²) in [6, 6.07) is 24.4. The fraction of sp³-hybridized carbons (Fsp3) is 0.125. The highest BCUT2D eigenvalue weighted by Crippen LogP contribution is 2.23. The number of carbonyl (C=O) groups excluding carboxylic acids is 2. The van der Waals surface area contributed by atoms with Crippen molar-refractivity contribution >= 4 is 29.0 Å². The number of para-hydroxylation sites is 1. The van der Waals surface area contributed by atoms with Crippen LogP contribution in [0.1, 0.15) is 22.8 Å². The van der Waals surface area contributed by atoms with Gasteiger partial charge in [0.05, 0.1) is 22.6 Å². The van der Waals surface area contributed by atoms with Gasteiger partial charge in [0.15, 0.2) is 6.04 Å². The molecule has 31 heavy (non-hydrogen) atoms. The van der Waals surface area contributed by atoms with Gasteiger partial charge in [-0.05, 0) is 48.9 Å². The summed E-state index contributed by atoms with van der Waals surface area (Å²) in [5, 5.41) is 14.0. The number of ether oxygens (including phenoxy) is 1. The van der Waals surface area contributed by atoms with Gasteiger partial charge in [0, 0.05) is 0 Å². The third-order valence-electron chi connectivity index (χ3n) is 4.70. The zero-order chi connectivity index (χ0) is 21.6. The molecule has 4 rings (SSSR count). The number of benzene rings is 3. The van der Waals surface area contributed by atoms with Gasteiger partial charge in [-0.1, -0.05) is 48.5 Å². The summed E-state index contributed by atoms with van der Waals surface area (Å²) in [5.74, 6) is -0.673. The summed E-state index contributed by atoms with van der Waals surface area (Å²) < 4.78 is 5.32. The van der Waals surface area contributed by atoms with Crippen LogP contribution in [0.5, 0.6) is 0 Å². The molecular weight excluding hydrogens is 392 g/mol. The van der Waals surface area contributed by atoms with Crippen molar-refractivity contribution in [3.05, 3.63) is 96.1 Å². The summed E-state index contributed by atoms with van der Waals surface area (Å²) in [6.45, 7) is 1.96. The number of hydrogen-bond donors (Lipinski definition) is 0. The molecule has 1 amide bonds. The molecule has 3 aromatic carbocycles. The van der Waals surface area contributed by atoms with Gasteiger partial charge in [-0.15, -0.1) is 0 Å². The normalized spacial score (nSPS) is 15.9. The number of azo groups is 1. The van der Waals surface area contributed by atoms with Gasteiger partial charge in [0.2, 0.25) is 0 Å². The quantitative estimate of drug-likeness (QED) is 0.426.